The van der Waals surface area contributed by atoms with Crippen LogP contribution < -0.4 is 5.32 Å². The Kier molecular flexibility index (Phi) is 3.71. The van der Waals surface area contributed by atoms with Gasteiger partial charge in [-0.05, 0) is 23.6 Å². The molecule has 2 N–H and O–H groups in total. The number of anilines is 1. The van der Waals surface area contributed by atoms with E-state index in [4.69, 9.17) is 0 Å². The molecule has 0 bridgehead atoms. The van der Waals surface area contributed by atoms with Crippen LogP contribution in [0, 0.1) is 11.6 Å². The van der Waals surface area contributed by atoms with Crippen LogP contribution in [0.5, 0.6) is 0 Å². The normalized spacial score (nSPS) is 12.4. The van der Waals surface area contributed by atoms with Gasteiger partial charge in [0.25, 0.3) is 0 Å². The summed E-state index contributed by atoms with van der Waals surface area (Å²) in [5, 5.41) is 14.3. The number of hydrogen-bond acceptors (Lipinski definition) is 3. The van der Waals surface area contributed by atoms with Crippen LogP contribution in [0.2, 0.25) is 0 Å². The Bertz CT molecular complexity index is 487. The van der Waals surface area contributed by atoms with E-state index in [-0.39, 0.29) is 12.2 Å². The van der Waals surface area contributed by atoms with Crippen molar-refractivity contribution in [3.8, 4) is 0 Å². The number of thiophene rings is 1. The molecule has 0 amide bonds. The lowest BCUT2D eigenvalue weighted by atomic mass is 10.2. The van der Waals surface area contributed by atoms with E-state index in [0.29, 0.717) is 0 Å². The Labute approximate surface area is 102 Å². The third-order valence-corrected chi connectivity index (χ3v) is 3.28. The van der Waals surface area contributed by atoms with Gasteiger partial charge in [0.1, 0.15) is 6.10 Å². The minimum atomic E-state index is -0.925. The SMILES string of the molecule is OC(CNc1cccc(F)c1F)c1cccs1. The highest BCUT2D eigenvalue weighted by atomic mass is 32.1. The molecule has 0 spiro atoms. The third kappa shape index (κ3) is 2.81. The number of aliphatic hydroxyl groups excluding tert-OH is 1. The first-order valence-electron chi connectivity index (χ1n) is 5.08. The summed E-state index contributed by atoms with van der Waals surface area (Å²) < 4.78 is 26.2. The highest BCUT2D eigenvalue weighted by Gasteiger charge is 2.11. The molecular weight excluding hydrogens is 244 g/mol. The van der Waals surface area contributed by atoms with Crippen molar-refractivity contribution in [2.75, 3.05) is 11.9 Å². The Morgan fingerprint density at radius 2 is 2.06 bits per heavy atom. The van der Waals surface area contributed by atoms with Gasteiger partial charge in [0, 0.05) is 11.4 Å². The summed E-state index contributed by atoms with van der Waals surface area (Å²) in [6.45, 7) is 0.140. The summed E-state index contributed by atoms with van der Waals surface area (Å²) in [7, 11) is 0. The highest BCUT2D eigenvalue weighted by Crippen LogP contribution is 2.21. The molecule has 1 atom stereocenters. The minimum absolute atomic E-state index is 0.0561. The Morgan fingerprint density at radius 1 is 1.24 bits per heavy atom. The van der Waals surface area contributed by atoms with Gasteiger partial charge >= 0.3 is 0 Å². The highest BCUT2D eigenvalue weighted by molar-refractivity contribution is 7.10. The topological polar surface area (TPSA) is 32.3 Å². The number of nitrogens with one attached hydrogen (secondary N) is 1. The van der Waals surface area contributed by atoms with Crippen molar-refractivity contribution in [2.45, 2.75) is 6.10 Å². The average Bonchev–Trinajstić information content (AvgIpc) is 2.84. The number of halogens is 2. The quantitative estimate of drug-likeness (QED) is 0.879. The zero-order valence-corrected chi connectivity index (χ0v) is 9.68. The zero-order valence-electron chi connectivity index (χ0n) is 8.86. The van der Waals surface area contributed by atoms with Crippen LogP contribution in [0.15, 0.2) is 35.7 Å². The fourth-order valence-corrected chi connectivity index (χ4v) is 2.14. The van der Waals surface area contributed by atoms with Crippen molar-refractivity contribution in [3.05, 3.63) is 52.2 Å². The fraction of sp³-hybridized carbons (Fsp3) is 0.167. The van der Waals surface area contributed by atoms with Gasteiger partial charge in [0.15, 0.2) is 11.6 Å². The van der Waals surface area contributed by atoms with Gasteiger partial charge in [0.05, 0.1) is 5.69 Å². The van der Waals surface area contributed by atoms with Crippen LogP contribution in [0.1, 0.15) is 11.0 Å². The second-order valence-electron chi connectivity index (χ2n) is 3.51. The molecule has 2 nitrogen and oxygen atoms in total. The molecule has 0 saturated carbocycles. The predicted molar refractivity (Wildman–Crippen MR) is 64.1 cm³/mol. The second-order valence-corrected chi connectivity index (χ2v) is 4.49. The van der Waals surface area contributed by atoms with Gasteiger partial charge in [-0.1, -0.05) is 12.1 Å². The molecule has 1 aromatic carbocycles. The summed E-state index contributed by atoms with van der Waals surface area (Å²) in [4.78, 5) is 0.786. The Balaban J connectivity index is 2.00. The van der Waals surface area contributed by atoms with Gasteiger partial charge in [0.2, 0.25) is 0 Å². The van der Waals surface area contributed by atoms with Crippen LogP contribution in [0.3, 0.4) is 0 Å². The molecular formula is C12H11F2NOS. The maximum atomic E-state index is 13.3. The second kappa shape index (κ2) is 5.25. The van der Waals surface area contributed by atoms with Gasteiger partial charge < -0.3 is 10.4 Å². The van der Waals surface area contributed by atoms with Crippen LogP contribution in [0.4, 0.5) is 14.5 Å². The standard InChI is InChI=1S/C12H11F2NOS/c13-8-3-1-4-9(12(8)14)15-7-10(16)11-5-2-6-17-11/h1-6,10,15-16H,7H2. The summed E-state index contributed by atoms with van der Waals surface area (Å²) in [6, 6.07) is 7.51. The van der Waals surface area contributed by atoms with Crippen molar-refractivity contribution < 1.29 is 13.9 Å². The zero-order chi connectivity index (χ0) is 12.3. The predicted octanol–water partition coefficient (Wildman–Crippen LogP) is 3.17. The van der Waals surface area contributed by atoms with Crippen LogP contribution in [0.25, 0.3) is 0 Å². The molecule has 1 aromatic heterocycles. The van der Waals surface area contributed by atoms with Crippen LogP contribution in [-0.2, 0) is 0 Å². The Hall–Kier alpha value is -1.46. The van der Waals surface area contributed by atoms with Crippen molar-refractivity contribution in [1.29, 1.82) is 0 Å². The molecule has 2 rings (SSSR count). The first-order chi connectivity index (χ1) is 8.18. The number of rotatable bonds is 4. The molecule has 1 heterocycles. The number of aliphatic hydroxyl groups is 1. The number of benzene rings is 1. The van der Waals surface area contributed by atoms with E-state index in [2.05, 4.69) is 5.32 Å². The van der Waals surface area contributed by atoms with Crippen molar-refractivity contribution in [3.63, 3.8) is 0 Å². The van der Waals surface area contributed by atoms with Crippen molar-refractivity contribution in [1.82, 2.24) is 0 Å². The smallest absolute Gasteiger partial charge is 0.181 e. The summed E-state index contributed by atoms with van der Waals surface area (Å²) in [6.07, 6.45) is -0.724. The molecule has 0 aliphatic rings. The van der Waals surface area contributed by atoms with E-state index >= 15 is 0 Å². The summed E-state index contributed by atoms with van der Waals surface area (Å²) >= 11 is 1.42. The fourth-order valence-electron chi connectivity index (χ4n) is 1.43. The van der Waals surface area contributed by atoms with Gasteiger partial charge in [-0.3, -0.25) is 0 Å². The van der Waals surface area contributed by atoms with Crippen molar-refractivity contribution in [2.24, 2.45) is 0 Å². The molecule has 17 heavy (non-hydrogen) atoms. The summed E-state index contributed by atoms with van der Waals surface area (Å²) in [5.41, 5.74) is 0.0561. The molecule has 0 aliphatic heterocycles. The van der Waals surface area contributed by atoms with Crippen LogP contribution >= 0.6 is 11.3 Å². The lowest BCUT2D eigenvalue weighted by Crippen LogP contribution is -2.12. The summed E-state index contributed by atoms with van der Waals surface area (Å²) in [5.74, 6) is -1.83. The van der Waals surface area contributed by atoms with E-state index < -0.39 is 17.7 Å². The van der Waals surface area contributed by atoms with Crippen molar-refractivity contribution >= 4 is 17.0 Å². The van der Waals surface area contributed by atoms with E-state index in [1.54, 1.807) is 6.07 Å². The van der Waals surface area contributed by atoms with Gasteiger partial charge in [-0.2, -0.15) is 0 Å². The Morgan fingerprint density at radius 3 is 2.76 bits per heavy atom. The first-order valence-corrected chi connectivity index (χ1v) is 5.96. The van der Waals surface area contributed by atoms with Crippen LogP contribution in [-0.4, -0.2) is 11.7 Å². The molecule has 0 fully saturated rings. The molecule has 90 valence electrons. The monoisotopic (exact) mass is 255 g/mol. The minimum Gasteiger partial charge on any atom is -0.386 e. The first kappa shape index (κ1) is 12.0. The van der Waals surface area contributed by atoms with E-state index in [0.717, 1.165) is 10.9 Å². The molecule has 0 saturated heterocycles. The molecule has 0 radical (unpaired) electrons. The number of hydrogen-bond donors (Lipinski definition) is 2. The lowest BCUT2D eigenvalue weighted by molar-refractivity contribution is 0.195. The molecule has 5 heteroatoms. The molecule has 0 aliphatic carbocycles. The lowest BCUT2D eigenvalue weighted by Gasteiger charge is -2.12. The molecule has 2 aromatic rings. The van der Waals surface area contributed by atoms with Gasteiger partial charge in [-0.25, -0.2) is 8.78 Å². The van der Waals surface area contributed by atoms with E-state index in [1.807, 2.05) is 11.4 Å². The molecule has 1 unspecified atom stereocenters. The average molecular weight is 255 g/mol. The van der Waals surface area contributed by atoms with E-state index in [1.165, 1.54) is 23.5 Å². The maximum Gasteiger partial charge on any atom is 0.181 e. The van der Waals surface area contributed by atoms with Gasteiger partial charge in [-0.15, -0.1) is 11.3 Å². The maximum absolute atomic E-state index is 13.3. The van der Waals surface area contributed by atoms with E-state index in [9.17, 15) is 13.9 Å². The third-order valence-electron chi connectivity index (χ3n) is 2.31. The largest absolute Gasteiger partial charge is 0.386 e.